The van der Waals surface area contributed by atoms with Gasteiger partial charge in [-0.2, -0.15) is 0 Å². The fourth-order valence-electron chi connectivity index (χ4n) is 6.35. The molecule has 0 unspecified atom stereocenters. The Bertz CT molecular complexity index is 1200. The Morgan fingerprint density at radius 1 is 0.412 bits per heavy atom. The van der Waals surface area contributed by atoms with Gasteiger partial charge < -0.3 is 67.6 Å². The molecule has 398 valence electrons. The Morgan fingerprint density at radius 2 is 0.706 bits per heavy atom. The molecule has 0 aliphatic heterocycles. The number of Topliss-reactive ketones (excluding diaryl/α,β-unsaturated/α-hetero) is 1. The summed E-state index contributed by atoms with van der Waals surface area (Å²) in [5, 5.41) is 24.3. The van der Waals surface area contributed by atoms with Crippen LogP contribution in [0.15, 0.2) is 5.11 Å². The number of carboxylic acids is 2. The minimum absolute atomic E-state index is 0.118. The van der Waals surface area contributed by atoms with Crippen LogP contribution >= 0.6 is 0 Å². The average Bonchev–Trinajstić information content (AvgIpc) is 3.32. The molecule has 0 aromatic carbocycles. The molecule has 0 fully saturated rings. The summed E-state index contributed by atoms with van der Waals surface area (Å²) < 4.78 is 59.8. The number of unbranched alkanes of at least 4 members (excludes halogenated alkanes) is 13. The number of nitrogens with zero attached hydrogens (tertiary/aromatic N) is 3. The SMILES string of the molecule is [N-]=[N+]=NCCOCCOCCOCCOCCOCCOCCOCCOCCOCCOCCOCCNC(=O)C[C@H](CC(=O)CCCCCCCCCCCCCCCCC(=O)O)C(=O)O. The van der Waals surface area contributed by atoms with Gasteiger partial charge in [-0.25, -0.2) is 0 Å². The molecule has 0 heterocycles. The maximum atomic E-state index is 12.4. The van der Waals surface area contributed by atoms with E-state index < -0.39 is 23.8 Å². The van der Waals surface area contributed by atoms with E-state index in [2.05, 4.69) is 15.3 Å². The molecule has 68 heavy (non-hydrogen) atoms. The third-order valence-corrected chi connectivity index (χ3v) is 10.0. The van der Waals surface area contributed by atoms with Gasteiger partial charge in [0.15, 0.2) is 0 Å². The predicted molar refractivity (Wildman–Crippen MR) is 253 cm³/mol. The van der Waals surface area contributed by atoms with Gasteiger partial charge in [-0.15, -0.1) is 0 Å². The molecule has 1 atom stereocenters. The number of aliphatic carboxylic acids is 2. The number of carbonyl (C=O) groups excluding carboxylic acids is 2. The van der Waals surface area contributed by atoms with Crippen LogP contribution in [0.25, 0.3) is 10.4 Å². The van der Waals surface area contributed by atoms with Crippen LogP contribution < -0.4 is 5.32 Å². The first kappa shape index (κ1) is 65.0. The van der Waals surface area contributed by atoms with Crippen molar-refractivity contribution in [3.05, 3.63) is 10.4 Å². The Kier molecular flexibility index (Phi) is 52.4. The van der Waals surface area contributed by atoms with Crippen molar-refractivity contribution in [3.8, 4) is 0 Å². The van der Waals surface area contributed by atoms with Crippen molar-refractivity contribution in [1.29, 1.82) is 0 Å². The highest BCUT2D eigenvalue weighted by Crippen LogP contribution is 2.16. The highest BCUT2D eigenvalue weighted by atomic mass is 16.6. The summed E-state index contributed by atoms with van der Waals surface area (Å²) in [5.74, 6) is -3.43. The smallest absolute Gasteiger partial charge is 0.307 e. The van der Waals surface area contributed by atoms with Gasteiger partial charge in [-0.05, 0) is 18.4 Å². The number of hydrogen-bond donors (Lipinski definition) is 3. The van der Waals surface area contributed by atoms with Gasteiger partial charge in [0.1, 0.15) is 5.78 Å². The summed E-state index contributed by atoms with van der Waals surface area (Å²) in [4.78, 5) is 49.6. The summed E-state index contributed by atoms with van der Waals surface area (Å²) in [6.07, 6.45) is 15.5. The van der Waals surface area contributed by atoms with Crippen LogP contribution in [0.5, 0.6) is 0 Å². The van der Waals surface area contributed by atoms with Crippen molar-refractivity contribution >= 4 is 23.6 Å². The first-order valence-electron chi connectivity index (χ1n) is 25.0. The second-order valence-electron chi connectivity index (χ2n) is 15.9. The van der Waals surface area contributed by atoms with Crippen LogP contribution in [0.2, 0.25) is 0 Å². The van der Waals surface area contributed by atoms with Crippen LogP contribution in [0.4, 0.5) is 0 Å². The molecule has 0 saturated carbocycles. The molecule has 21 heteroatoms. The first-order valence-corrected chi connectivity index (χ1v) is 25.0. The molecule has 0 aromatic rings. The summed E-state index contributed by atoms with van der Waals surface area (Å²) >= 11 is 0. The number of ketones is 1. The first-order chi connectivity index (χ1) is 33.4. The lowest BCUT2D eigenvalue weighted by atomic mass is 9.95. The number of nitrogens with one attached hydrogen (secondary N) is 1. The summed E-state index contributed by atoms with van der Waals surface area (Å²) in [6.45, 7) is 10.0. The molecule has 0 aliphatic carbocycles. The summed E-state index contributed by atoms with van der Waals surface area (Å²) in [6, 6.07) is 0. The second kappa shape index (κ2) is 54.9. The number of rotatable bonds is 58. The number of carbonyl (C=O) groups is 4. The Labute approximate surface area is 405 Å². The lowest BCUT2D eigenvalue weighted by molar-refractivity contribution is -0.145. The highest BCUT2D eigenvalue weighted by Gasteiger charge is 2.24. The number of amides is 1. The van der Waals surface area contributed by atoms with Gasteiger partial charge in [0.05, 0.1) is 151 Å². The minimum Gasteiger partial charge on any atom is -0.481 e. The van der Waals surface area contributed by atoms with Gasteiger partial charge in [0, 0.05) is 43.7 Å². The minimum atomic E-state index is -1.14. The van der Waals surface area contributed by atoms with E-state index in [-0.39, 0.29) is 38.2 Å². The molecule has 0 radical (unpaired) electrons. The van der Waals surface area contributed by atoms with Crippen molar-refractivity contribution in [2.24, 2.45) is 11.0 Å². The normalized spacial score (nSPS) is 11.7. The van der Waals surface area contributed by atoms with Gasteiger partial charge >= 0.3 is 11.9 Å². The monoisotopic (exact) mass is 981 g/mol. The van der Waals surface area contributed by atoms with Crippen LogP contribution in [0.1, 0.15) is 116 Å². The number of carboxylic acid groups (broad SMARTS) is 2. The fourth-order valence-corrected chi connectivity index (χ4v) is 6.35. The average molecular weight is 981 g/mol. The Morgan fingerprint density at radius 3 is 1.01 bits per heavy atom. The van der Waals surface area contributed by atoms with E-state index in [1.54, 1.807) is 0 Å². The molecule has 0 bridgehead atoms. The van der Waals surface area contributed by atoms with E-state index in [9.17, 15) is 24.3 Å². The summed E-state index contributed by atoms with van der Waals surface area (Å²) in [5.41, 5.74) is 8.16. The van der Waals surface area contributed by atoms with E-state index in [0.717, 1.165) is 44.9 Å². The van der Waals surface area contributed by atoms with Crippen molar-refractivity contribution in [2.75, 3.05) is 158 Å². The predicted octanol–water partition coefficient (Wildman–Crippen LogP) is 5.97. The standard InChI is InChI=1S/C47H88N4O17/c48-51-50-18-20-59-22-24-61-26-28-63-30-32-65-34-36-67-38-40-68-39-37-66-35-33-64-31-29-62-27-25-60-23-21-58-19-17-49-45(53)42-43(47(56)57)41-44(52)15-13-11-9-7-5-3-1-2-4-6-8-10-12-14-16-46(54)55/h43H,1-42H2,(H,49,53)(H,54,55)(H,56,57)/t43-/m0/s1. The molecule has 0 aliphatic rings. The second-order valence-corrected chi connectivity index (χ2v) is 15.9. The zero-order valence-electron chi connectivity index (χ0n) is 41.1. The van der Waals surface area contributed by atoms with Gasteiger partial charge in [-0.1, -0.05) is 82.2 Å². The lowest BCUT2D eigenvalue weighted by Gasteiger charge is -2.12. The van der Waals surface area contributed by atoms with Gasteiger partial charge in [0.25, 0.3) is 0 Å². The third-order valence-electron chi connectivity index (χ3n) is 10.0. The molecular weight excluding hydrogens is 893 g/mol. The quantitative estimate of drug-likeness (QED) is 0.0274. The topological polar surface area (TPSA) is 271 Å². The molecule has 0 spiro atoms. The molecule has 0 saturated heterocycles. The molecule has 3 N–H and O–H groups in total. The van der Waals surface area contributed by atoms with Crippen molar-refractivity contribution in [1.82, 2.24) is 5.32 Å². The fraction of sp³-hybridized carbons (Fsp3) is 0.915. The molecular formula is C47H88N4O17. The number of hydrogen-bond acceptors (Lipinski definition) is 16. The molecule has 0 rings (SSSR count). The van der Waals surface area contributed by atoms with Crippen LogP contribution in [0, 0.1) is 5.92 Å². The van der Waals surface area contributed by atoms with Crippen LogP contribution in [-0.4, -0.2) is 192 Å². The Hall–Kier alpha value is -3.05. The van der Waals surface area contributed by atoms with Crippen LogP contribution in [-0.2, 0) is 71.3 Å². The maximum absolute atomic E-state index is 12.4. The van der Waals surface area contributed by atoms with Crippen molar-refractivity contribution in [3.63, 3.8) is 0 Å². The van der Waals surface area contributed by atoms with E-state index in [1.165, 1.54) is 44.9 Å². The molecule has 21 nitrogen and oxygen atoms in total. The number of ether oxygens (including phenoxy) is 11. The number of azide groups is 1. The van der Waals surface area contributed by atoms with Gasteiger partial charge in [-0.3, -0.25) is 19.2 Å². The van der Waals surface area contributed by atoms with E-state index in [4.69, 9.17) is 62.7 Å². The zero-order valence-corrected chi connectivity index (χ0v) is 41.1. The third kappa shape index (κ3) is 53.9. The largest absolute Gasteiger partial charge is 0.481 e. The molecule has 0 aromatic heterocycles. The van der Waals surface area contributed by atoms with Gasteiger partial charge in [0.2, 0.25) is 5.91 Å². The lowest BCUT2D eigenvalue weighted by Crippen LogP contribution is -2.31. The highest BCUT2D eigenvalue weighted by molar-refractivity contribution is 5.87. The van der Waals surface area contributed by atoms with E-state index in [1.807, 2.05) is 0 Å². The molecule has 1 amide bonds. The van der Waals surface area contributed by atoms with Crippen molar-refractivity contribution in [2.45, 2.75) is 116 Å². The van der Waals surface area contributed by atoms with Crippen LogP contribution in [0.3, 0.4) is 0 Å². The summed E-state index contributed by atoms with van der Waals surface area (Å²) in [7, 11) is 0. The van der Waals surface area contributed by atoms with E-state index >= 15 is 0 Å². The Balaban J connectivity index is 3.41. The zero-order chi connectivity index (χ0) is 49.5. The van der Waals surface area contributed by atoms with E-state index in [0.29, 0.717) is 152 Å². The van der Waals surface area contributed by atoms with Crippen molar-refractivity contribution < 1.29 is 81.5 Å². The maximum Gasteiger partial charge on any atom is 0.307 e.